The summed E-state index contributed by atoms with van der Waals surface area (Å²) in [5.74, 6) is 2.10. The molecule has 2 rings (SSSR count). The zero-order chi connectivity index (χ0) is 11.8. The van der Waals surface area contributed by atoms with E-state index in [0.717, 1.165) is 11.7 Å². The van der Waals surface area contributed by atoms with Crippen LogP contribution in [-0.2, 0) is 0 Å². The van der Waals surface area contributed by atoms with Crippen LogP contribution in [0.15, 0.2) is 11.2 Å². The van der Waals surface area contributed by atoms with E-state index >= 15 is 0 Å². The number of rotatable bonds is 4. The largest absolute Gasteiger partial charge is 0.383 e. The van der Waals surface area contributed by atoms with E-state index in [4.69, 9.17) is 5.73 Å². The van der Waals surface area contributed by atoms with E-state index in [-0.39, 0.29) is 5.54 Å². The van der Waals surface area contributed by atoms with Gasteiger partial charge in [-0.05, 0) is 38.9 Å². The molecule has 0 radical (unpaired) electrons. The summed E-state index contributed by atoms with van der Waals surface area (Å²) in [5, 5.41) is 4.17. The second-order valence-corrected chi connectivity index (χ2v) is 5.56. The lowest BCUT2D eigenvalue weighted by molar-refractivity contribution is 0.492. The van der Waals surface area contributed by atoms with Crippen LogP contribution in [0.2, 0.25) is 0 Å². The zero-order valence-corrected chi connectivity index (χ0v) is 10.8. The van der Waals surface area contributed by atoms with Crippen molar-refractivity contribution in [2.75, 3.05) is 17.3 Å². The van der Waals surface area contributed by atoms with Gasteiger partial charge in [-0.2, -0.15) is 0 Å². The van der Waals surface area contributed by atoms with Gasteiger partial charge in [-0.1, -0.05) is 11.8 Å². The molecule has 0 aliphatic heterocycles. The van der Waals surface area contributed by atoms with Gasteiger partial charge < -0.3 is 11.1 Å². The summed E-state index contributed by atoms with van der Waals surface area (Å²) >= 11 is 1.50. The van der Waals surface area contributed by atoms with Crippen LogP contribution in [0.1, 0.15) is 26.7 Å². The fraction of sp³-hybridized carbons (Fsp3) is 0.636. The highest BCUT2D eigenvalue weighted by molar-refractivity contribution is 7.98. The number of nitrogens with two attached hydrogens (primary N) is 1. The van der Waals surface area contributed by atoms with Crippen molar-refractivity contribution in [2.45, 2.75) is 37.4 Å². The molecule has 3 N–H and O–H groups in total. The van der Waals surface area contributed by atoms with E-state index < -0.39 is 0 Å². The maximum Gasteiger partial charge on any atom is 0.191 e. The third-order valence-electron chi connectivity index (χ3n) is 2.96. The van der Waals surface area contributed by atoms with Crippen molar-refractivity contribution in [2.24, 2.45) is 5.92 Å². The van der Waals surface area contributed by atoms with Gasteiger partial charge in [-0.25, -0.2) is 9.97 Å². The number of thioether (sulfide) groups is 1. The summed E-state index contributed by atoms with van der Waals surface area (Å²) in [4.78, 5) is 8.54. The van der Waals surface area contributed by atoms with Crippen LogP contribution < -0.4 is 11.1 Å². The van der Waals surface area contributed by atoms with Crippen molar-refractivity contribution in [1.82, 2.24) is 9.97 Å². The molecule has 5 heteroatoms. The molecule has 1 heterocycles. The van der Waals surface area contributed by atoms with Gasteiger partial charge in [0, 0.05) is 11.6 Å². The summed E-state index contributed by atoms with van der Waals surface area (Å²) in [5.41, 5.74) is 5.83. The van der Waals surface area contributed by atoms with Crippen LogP contribution in [0.25, 0.3) is 0 Å². The Bertz CT molecular complexity index is 388. The molecule has 1 aliphatic rings. The van der Waals surface area contributed by atoms with Crippen molar-refractivity contribution in [3.05, 3.63) is 6.07 Å². The molecular weight excluding hydrogens is 220 g/mol. The number of nitrogens with one attached hydrogen (secondary N) is 1. The Labute approximate surface area is 100 Å². The van der Waals surface area contributed by atoms with Crippen LogP contribution >= 0.6 is 11.8 Å². The fourth-order valence-electron chi connectivity index (χ4n) is 1.84. The van der Waals surface area contributed by atoms with Crippen LogP contribution in [-0.4, -0.2) is 21.8 Å². The summed E-state index contributed by atoms with van der Waals surface area (Å²) in [7, 11) is 0. The van der Waals surface area contributed by atoms with Gasteiger partial charge in [0.05, 0.1) is 0 Å². The molecule has 1 aromatic rings. The van der Waals surface area contributed by atoms with E-state index in [1.54, 1.807) is 6.07 Å². The molecule has 16 heavy (non-hydrogen) atoms. The molecule has 0 atom stereocenters. The highest BCUT2D eigenvalue weighted by atomic mass is 32.2. The molecule has 1 aromatic heterocycles. The van der Waals surface area contributed by atoms with E-state index in [1.165, 1.54) is 24.6 Å². The third kappa shape index (κ3) is 2.58. The van der Waals surface area contributed by atoms with Gasteiger partial charge in [0.15, 0.2) is 5.16 Å². The lowest BCUT2D eigenvalue weighted by Crippen LogP contribution is -2.33. The number of hydrogen-bond acceptors (Lipinski definition) is 5. The molecule has 1 aliphatic carbocycles. The molecule has 1 saturated carbocycles. The summed E-state index contributed by atoms with van der Waals surface area (Å²) in [6.07, 6.45) is 4.55. The number of nitrogen functional groups attached to an aromatic ring is 1. The number of aromatic nitrogens is 2. The van der Waals surface area contributed by atoms with Crippen LogP contribution in [0.4, 0.5) is 11.6 Å². The smallest absolute Gasteiger partial charge is 0.191 e. The van der Waals surface area contributed by atoms with E-state index in [9.17, 15) is 0 Å². The van der Waals surface area contributed by atoms with Gasteiger partial charge in [0.1, 0.15) is 11.6 Å². The Balaban J connectivity index is 2.16. The molecule has 88 valence electrons. The SMILES string of the molecule is CSc1nc(N)cc(NC(C)(C)C2CC2)n1. The highest BCUT2D eigenvalue weighted by Gasteiger charge is 2.37. The average Bonchev–Trinajstić information content (AvgIpc) is 2.98. The van der Waals surface area contributed by atoms with Crippen LogP contribution in [0.5, 0.6) is 0 Å². The van der Waals surface area contributed by atoms with E-state index in [0.29, 0.717) is 11.0 Å². The number of anilines is 2. The monoisotopic (exact) mass is 238 g/mol. The lowest BCUT2D eigenvalue weighted by atomic mass is 9.99. The molecule has 0 spiro atoms. The van der Waals surface area contributed by atoms with Gasteiger partial charge in [-0.15, -0.1) is 0 Å². The second kappa shape index (κ2) is 4.13. The van der Waals surface area contributed by atoms with Gasteiger partial charge in [-0.3, -0.25) is 0 Å². The van der Waals surface area contributed by atoms with Crippen LogP contribution in [0.3, 0.4) is 0 Å². The minimum Gasteiger partial charge on any atom is -0.383 e. The Kier molecular flexibility index (Phi) is 2.97. The molecule has 0 bridgehead atoms. The molecule has 0 saturated heterocycles. The topological polar surface area (TPSA) is 63.8 Å². The summed E-state index contributed by atoms with van der Waals surface area (Å²) in [6.45, 7) is 4.42. The Hall–Kier alpha value is -0.970. The normalized spacial score (nSPS) is 16.2. The molecule has 0 aromatic carbocycles. The highest BCUT2D eigenvalue weighted by Crippen LogP contribution is 2.40. The molecule has 1 fully saturated rings. The lowest BCUT2D eigenvalue weighted by Gasteiger charge is -2.26. The fourth-order valence-corrected chi connectivity index (χ4v) is 2.22. The van der Waals surface area contributed by atoms with Crippen molar-refractivity contribution in [1.29, 1.82) is 0 Å². The van der Waals surface area contributed by atoms with Crippen LogP contribution in [0, 0.1) is 5.92 Å². The minimum atomic E-state index is 0.0937. The predicted octanol–water partition coefficient (Wildman–Crippen LogP) is 2.38. The Morgan fingerprint density at radius 3 is 2.69 bits per heavy atom. The van der Waals surface area contributed by atoms with Gasteiger partial charge in [0.25, 0.3) is 0 Å². The van der Waals surface area contributed by atoms with Gasteiger partial charge >= 0.3 is 0 Å². The maximum absolute atomic E-state index is 5.74. The first kappa shape index (κ1) is 11.5. The van der Waals surface area contributed by atoms with Crippen molar-refractivity contribution in [3.8, 4) is 0 Å². The van der Waals surface area contributed by atoms with Gasteiger partial charge in [0.2, 0.25) is 0 Å². The minimum absolute atomic E-state index is 0.0937. The predicted molar refractivity (Wildman–Crippen MR) is 68.7 cm³/mol. The van der Waals surface area contributed by atoms with Crippen molar-refractivity contribution in [3.63, 3.8) is 0 Å². The summed E-state index contributed by atoms with van der Waals surface area (Å²) < 4.78 is 0. The number of hydrogen-bond donors (Lipinski definition) is 2. The third-order valence-corrected chi connectivity index (χ3v) is 3.50. The number of nitrogens with zero attached hydrogens (tertiary/aromatic N) is 2. The first-order valence-corrected chi connectivity index (χ1v) is 6.70. The molecular formula is C11H18N4S. The van der Waals surface area contributed by atoms with E-state index in [1.807, 2.05) is 6.26 Å². The first-order chi connectivity index (χ1) is 7.51. The quantitative estimate of drug-likeness (QED) is 0.623. The average molecular weight is 238 g/mol. The standard InChI is InChI=1S/C11H18N4S/c1-11(2,7-4-5-7)15-9-6-8(12)13-10(14-9)16-3/h6-7H,4-5H2,1-3H3,(H3,12,13,14,15). The molecule has 0 unspecified atom stereocenters. The van der Waals surface area contributed by atoms with Crippen molar-refractivity contribution >= 4 is 23.4 Å². The second-order valence-electron chi connectivity index (χ2n) is 4.79. The Morgan fingerprint density at radius 1 is 1.44 bits per heavy atom. The maximum atomic E-state index is 5.74. The van der Waals surface area contributed by atoms with Crippen molar-refractivity contribution < 1.29 is 0 Å². The molecule has 0 amide bonds. The molecule has 4 nitrogen and oxygen atoms in total. The van der Waals surface area contributed by atoms with E-state index in [2.05, 4.69) is 29.1 Å². The Morgan fingerprint density at radius 2 is 2.12 bits per heavy atom. The zero-order valence-electron chi connectivity index (χ0n) is 9.95. The summed E-state index contributed by atoms with van der Waals surface area (Å²) in [6, 6.07) is 1.80. The first-order valence-electron chi connectivity index (χ1n) is 5.48.